The molecule has 128 heavy (non-hydrogen) atoms. The SMILES string of the molecule is CCSSC[C@@H](NC(=O)[C@@H](CC(=O)O)NC(=O)[C@H](NC(=O)[C@@H](CCC(=O)O)NC(=O)[C@@H](CC(=O)O)NC(C)=O)C(C)C)C(=O)NC(Cc1cn(CCCNC(=O)CCCCC[N+]2=C(/C=C/C=C/C=C3/N(C)c4ccc(S(=O)(=O)O)cc4C3(C)C)C(C)(C)c3cc(S(=O)(=O)O)ccc32)nn1)C(=O)NCc1ccc(C(=O)NCCCOc2ccc3nc(C#N)ccc3c2)cc1. The molecule has 0 spiro atoms. The molecule has 6 atom stereocenters. The second-order valence-electron chi connectivity index (χ2n) is 31.7. The molecule has 0 radical (unpaired) electrons. The molecule has 0 bridgehead atoms. The number of hydrogen-bond acceptors (Lipinski definition) is 24. The van der Waals surface area contributed by atoms with Crippen LogP contribution in [0.3, 0.4) is 0 Å². The van der Waals surface area contributed by atoms with Gasteiger partial charge in [-0.25, -0.2) is 4.98 Å². The molecule has 0 aliphatic carbocycles. The number of nitriles is 1. The Kier molecular flexibility index (Phi) is 36.6. The average Bonchev–Trinajstić information content (AvgIpc) is 1.59. The molecule has 8 rings (SSSR count). The number of likely N-dealkylation sites (N-methyl/N-ethyl adjacent to an activating group) is 1. The van der Waals surface area contributed by atoms with Crippen molar-refractivity contribution in [2.75, 3.05) is 49.7 Å². The number of carboxylic acids is 3. The number of pyridine rings is 1. The first-order chi connectivity index (χ1) is 60.5. The van der Waals surface area contributed by atoms with Gasteiger partial charge in [-0.2, -0.15) is 26.7 Å². The molecular formula is C86H107N16O22S4+. The number of aromatic nitrogens is 4. The highest BCUT2D eigenvalue weighted by Crippen LogP contribution is 2.48. The minimum atomic E-state index is -4.54. The van der Waals surface area contributed by atoms with Crippen LogP contribution in [0.25, 0.3) is 10.9 Å². The van der Waals surface area contributed by atoms with E-state index < -0.39 is 158 Å². The summed E-state index contributed by atoms with van der Waals surface area (Å²) in [5.41, 5.74) is 5.26. The Hall–Kier alpha value is -12.4. The summed E-state index contributed by atoms with van der Waals surface area (Å²) in [7, 11) is -4.70. The predicted octanol–water partition coefficient (Wildman–Crippen LogP) is 5.62. The summed E-state index contributed by atoms with van der Waals surface area (Å²) in [4.78, 5) is 165. The number of aryl methyl sites for hydroxylation is 1. The number of carbonyl (C=O) groups is 12. The molecule has 2 aromatic heterocycles. The smallest absolute Gasteiger partial charge is 0.305 e. The zero-order chi connectivity index (χ0) is 94.0. The quantitative estimate of drug-likeness (QED) is 0.00724. The molecule has 4 aromatic carbocycles. The van der Waals surface area contributed by atoms with E-state index >= 15 is 0 Å². The Labute approximate surface area is 748 Å². The fourth-order valence-electron chi connectivity index (χ4n) is 14.3. The molecule has 686 valence electrons. The van der Waals surface area contributed by atoms with Crippen molar-refractivity contribution < 1.29 is 108 Å². The van der Waals surface area contributed by atoms with Crippen molar-refractivity contribution in [1.29, 1.82) is 5.26 Å². The van der Waals surface area contributed by atoms with Gasteiger partial charge in [0, 0.05) is 129 Å². The molecule has 0 fully saturated rings. The van der Waals surface area contributed by atoms with Gasteiger partial charge in [-0.05, 0) is 142 Å². The van der Waals surface area contributed by atoms with Crippen molar-refractivity contribution in [3.63, 3.8) is 0 Å². The van der Waals surface area contributed by atoms with Gasteiger partial charge >= 0.3 is 17.9 Å². The van der Waals surface area contributed by atoms with Crippen molar-refractivity contribution in [1.82, 2.24) is 67.8 Å². The summed E-state index contributed by atoms with van der Waals surface area (Å²) in [5.74, 6) is -12.3. The highest BCUT2D eigenvalue weighted by atomic mass is 33.1. The van der Waals surface area contributed by atoms with Crippen molar-refractivity contribution in [3.05, 3.63) is 167 Å². The standard InChI is InChI=1S/C86H106N16O22S4/c1-10-125-126-50-68(96-82(115)67(46-76(109)110)95-84(117)77(51(2)3)97-80(113)64(32-35-74(105)106)93-81(114)66(45-75(107)108)91-52(4)103)83(116)94-65(79(112)90-48-53-22-24-54(25-23-53)78(111)89-37-18-40-124-58-28-31-63-55(41-58)26-27-56(47-87)92-63)42-57-49-101(99-98-57)38-17-36-88-73(104)21-15-12-16-39-102-70-34-30-60(128(121,122)123)44-62(70)86(7,8)72(102)20-14-11-13-19-71-85(5,6)61-43-59(127(118,119)120)29-33-69(61)100(71)9/h11,13-14,19-20,22-31,33-34,41,43-44,49,51,64-68,77H,10,12,15-18,21,32,35-40,42,45-46,48,50H2,1-9H3,(H13-,88,89,90,91,93,94,95,96,97,103,104,105,106,107,108,109,110,111,112,113,114,115,116,117,118,119,120,121,122,123)/p+1/t64-,65?,66-,67-,68-,77-/m1/s1. The number of anilines is 1. The summed E-state index contributed by atoms with van der Waals surface area (Å²) in [5, 5.41) is 70.3. The number of rotatable bonds is 49. The Bertz CT molecular complexity index is 5540. The third-order valence-corrected chi connectivity index (χ3v) is 25.2. The van der Waals surface area contributed by atoms with E-state index in [4.69, 9.17) is 4.74 Å². The minimum Gasteiger partial charge on any atom is -0.494 e. The van der Waals surface area contributed by atoms with Crippen molar-refractivity contribution in [3.8, 4) is 11.8 Å². The van der Waals surface area contributed by atoms with Gasteiger partial charge < -0.3 is 72.8 Å². The van der Waals surface area contributed by atoms with Gasteiger partial charge in [0.05, 0.1) is 45.9 Å². The zero-order valence-corrected chi connectivity index (χ0v) is 75.3. The van der Waals surface area contributed by atoms with Crippen LogP contribution in [0, 0.1) is 17.2 Å². The van der Waals surface area contributed by atoms with Crippen LogP contribution in [0.1, 0.15) is 158 Å². The molecule has 0 saturated carbocycles. The molecule has 1 unspecified atom stereocenters. The number of allylic oxidation sites excluding steroid dienone is 6. The van der Waals surface area contributed by atoms with Crippen LogP contribution in [0.2, 0.25) is 0 Å². The van der Waals surface area contributed by atoms with Gasteiger partial charge in [0.2, 0.25) is 52.9 Å². The topological polar surface area (TPSA) is 565 Å². The highest BCUT2D eigenvalue weighted by Gasteiger charge is 2.46. The fourth-order valence-corrected chi connectivity index (χ4v) is 17.2. The van der Waals surface area contributed by atoms with E-state index in [1.807, 2.05) is 83.0 Å². The molecule has 9 amide bonds. The Balaban J connectivity index is 0.911. The van der Waals surface area contributed by atoms with Crippen LogP contribution in [0.5, 0.6) is 5.75 Å². The zero-order valence-electron chi connectivity index (χ0n) is 72.0. The number of benzene rings is 4. The van der Waals surface area contributed by atoms with Crippen molar-refractivity contribution in [2.45, 2.75) is 196 Å². The predicted molar refractivity (Wildman–Crippen MR) is 474 cm³/mol. The van der Waals surface area contributed by atoms with Gasteiger partial charge in [-0.1, -0.05) is 91.8 Å². The lowest BCUT2D eigenvalue weighted by Crippen LogP contribution is -2.61. The maximum atomic E-state index is 14.7. The maximum Gasteiger partial charge on any atom is 0.305 e. The largest absolute Gasteiger partial charge is 0.494 e. The van der Waals surface area contributed by atoms with E-state index in [9.17, 15) is 104 Å². The number of hydrogen-bond donors (Lipinski definition) is 14. The normalized spacial score (nSPS) is 15.1. The van der Waals surface area contributed by atoms with Crippen LogP contribution >= 0.6 is 21.6 Å². The number of fused-ring (bicyclic) bond motifs is 3. The maximum absolute atomic E-state index is 14.7. The molecule has 0 saturated heterocycles. The molecule has 42 heteroatoms. The molecule has 4 heterocycles. The first kappa shape index (κ1) is 101. The molecule has 2 aliphatic rings. The lowest BCUT2D eigenvalue weighted by atomic mass is 9.81. The number of aliphatic carboxylic acids is 3. The fraction of sp³-hybridized carbons (Fsp3) is 0.430. The van der Waals surface area contributed by atoms with Crippen LogP contribution in [0.15, 0.2) is 143 Å². The van der Waals surface area contributed by atoms with Crippen molar-refractivity contribution in [2.24, 2.45) is 5.92 Å². The van der Waals surface area contributed by atoms with Crippen LogP contribution in [-0.2, 0) is 103 Å². The second-order valence-corrected chi connectivity index (χ2v) is 37.4. The van der Waals surface area contributed by atoms with Crippen LogP contribution < -0.4 is 57.5 Å². The molecule has 38 nitrogen and oxygen atoms in total. The first-order valence-electron chi connectivity index (χ1n) is 41.1. The summed E-state index contributed by atoms with van der Waals surface area (Å²) >= 11 is 0. The van der Waals surface area contributed by atoms with Gasteiger partial charge in [0.25, 0.3) is 26.1 Å². The monoisotopic (exact) mass is 1840 g/mol. The number of nitrogens with zero attached hydrogens (tertiary/aromatic N) is 7. The Morgan fingerprint density at radius 3 is 1.91 bits per heavy atom. The highest BCUT2D eigenvalue weighted by molar-refractivity contribution is 8.76. The lowest BCUT2D eigenvalue weighted by Gasteiger charge is -2.28. The van der Waals surface area contributed by atoms with E-state index in [0.717, 1.165) is 51.5 Å². The number of unbranched alkanes of at least 4 members (excludes halogenated alkanes) is 2. The number of carboxylic acid groups (broad SMARTS) is 3. The summed E-state index contributed by atoms with van der Waals surface area (Å²) in [6.07, 6.45) is 10.1. The number of nitrogens with one attached hydrogen (secondary N) is 9. The van der Waals surface area contributed by atoms with Gasteiger partial charge in [0.1, 0.15) is 60.3 Å². The minimum absolute atomic E-state index is 0.131. The second kappa shape index (κ2) is 46.3. The Morgan fingerprint density at radius 2 is 1.27 bits per heavy atom. The molecule has 6 aromatic rings. The van der Waals surface area contributed by atoms with Crippen molar-refractivity contribution >= 4 is 141 Å². The third kappa shape index (κ3) is 29.1. The summed E-state index contributed by atoms with van der Waals surface area (Å²) in [6.45, 7) is 14.9. The van der Waals surface area contributed by atoms with E-state index in [2.05, 4.69) is 67.7 Å². The molecular weight excluding hydrogens is 1740 g/mol. The van der Waals surface area contributed by atoms with Crippen LogP contribution in [0.4, 0.5) is 11.4 Å². The van der Waals surface area contributed by atoms with E-state index in [1.165, 1.54) is 59.8 Å². The van der Waals surface area contributed by atoms with Gasteiger partial charge in [-0.15, -0.1) is 5.10 Å². The van der Waals surface area contributed by atoms with E-state index in [1.54, 1.807) is 66.7 Å². The third-order valence-electron chi connectivity index (χ3n) is 21.0. The summed E-state index contributed by atoms with van der Waals surface area (Å²) < 4.78 is 78.0. The van der Waals surface area contributed by atoms with E-state index in [0.29, 0.717) is 72.4 Å². The average molecular weight is 1850 g/mol. The Morgan fingerprint density at radius 1 is 0.633 bits per heavy atom. The molecule has 2 aliphatic heterocycles. The number of carbonyl (C=O) groups excluding carboxylic acids is 9. The van der Waals surface area contributed by atoms with E-state index in [-0.39, 0.29) is 84.4 Å². The first-order valence-corrected chi connectivity index (χ1v) is 46.5. The van der Waals surface area contributed by atoms with Crippen LogP contribution in [-0.4, -0.2) is 224 Å². The number of amides is 9. The summed E-state index contributed by atoms with van der Waals surface area (Å²) in [6, 6.07) is 15.9. The van der Waals surface area contributed by atoms with Gasteiger partial charge in [-0.3, -0.25) is 71.3 Å². The lowest BCUT2D eigenvalue weighted by molar-refractivity contribution is -0.438. The molecule has 14 N–H and O–H groups in total. The number of ether oxygens (including phenoxy) is 1. The van der Waals surface area contributed by atoms with Gasteiger partial charge in [0.15, 0.2) is 5.71 Å².